The lowest BCUT2D eigenvalue weighted by Crippen LogP contribution is -2.29. The molecule has 4 heterocycles. The molecule has 1 N–H and O–H groups in total. The highest BCUT2D eigenvalue weighted by atomic mass is 16.5. The summed E-state index contributed by atoms with van der Waals surface area (Å²) in [6.45, 7) is 3.55. The topological polar surface area (TPSA) is 112 Å². The number of rotatable bonds is 5. The number of hydrogen-bond donors (Lipinski definition) is 1. The molecule has 0 aromatic carbocycles. The van der Waals surface area contributed by atoms with Gasteiger partial charge in [-0.05, 0) is 44.2 Å². The lowest BCUT2D eigenvalue weighted by atomic mass is 10.3. The molecule has 0 aliphatic rings. The summed E-state index contributed by atoms with van der Waals surface area (Å²) in [5.41, 5.74) is 0.161. The van der Waals surface area contributed by atoms with Gasteiger partial charge in [0.15, 0.2) is 5.76 Å². The number of amides is 1. The van der Waals surface area contributed by atoms with E-state index in [0.717, 1.165) is 5.76 Å². The summed E-state index contributed by atoms with van der Waals surface area (Å²) in [5.74, 6) is 2.69. The molecule has 4 rings (SSSR count). The summed E-state index contributed by atoms with van der Waals surface area (Å²) in [6.07, 6.45) is 4.35. The lowest BCUT2D eigenvalue weighted by Gasteiger charge is -2.09. The zero-order valence-corrected chi connectivity index (χ0v) is 17.1. The number of hydrogen-bond acceptors (Lipinski definition) is 7. The van der Waals surface area contributed by atoms with Crippen LogP contribution in [0.4, 0.5) is 5.82 Å². The van der Waals surface area contributed by atoms with E-state index in [1.54, 1.807) is 44.4 Å². The van der Waals surface area contributed by atoms with Crippen molar-refractivity contribution in [2.75, 3.05) is 5.32 Å². The largest absolute Gasteiger partial charge is 0.460 e. The second-order valence-corrected chi connectivity index (χ2v) is 6.81. The number of ether oxygens (including phenoxy) is 1. The first-order chi connectivity index (χ1) is 14.9. The van der Waals surface area contributed by atoms with E-state index in [4.69, 9.17) is 9.15 Å². The molecule has 0 fully saturated rings. The van der Waals surface area contributed by atoms with E-state index >= 15 is 0 Å². The van der Waals surface area contributed by atoms with Crippen molar-refractivity contribution in [1.82, 2.24) is 19.5 Å². The molecular formula is C22H19N5O4. The van der Waals surface area contributed by atoms with E-state index in [1.165, 1.54) is 17.0 Å². The maximum Gasteiger partial charge on any atom is 0.266 e. The Morgan fingerprint density at radius 2 is 1.87 bits per heavy atom. The van der Waals surface area contributed by atoms with Gasteiger partial charge in [0.2, 0.25) is 0 Å². The summed E-state index contributed by atoms with van der Waals surface area (Å²) in [7, 11) is 1.56. The maximum absolute atomic E-state index is 12.4. The molecule has 31 heavy (non-hydrogen) atoms. The molecule has 0 radical (unpaired) electrons. The van der Waals surface area contributed by atoms with E-state index < -0.39 is 11.5 Å². The van der Waals surface area contributed by atoms with E-state index in [1.807, 2.05) is 19.1 Å². The molecule has 9 heteroatoms. The van der Waals surface area contributed by atoms with Crippen molar-refractivity contribution >= 4 is 11.7 Å². The fourth-order valence-corrected chi connectivity index (χ4v) is 2.80. The number of nitrogens with zero attached hydrogens (tertiary/aromatic N) is 4. The number of nitrogens with one attached hydrogen (secondary N) is 1. The van der Waals surface area contributed by atoms with E-state index in [9.17, 15) is 9.59 Å². The van der Waals surface area contributed by atoms with E-state index in [-0.39, 0.29) is 11.4 Å². The Morgan fingerprint density at radius 3 is 2.58 bits per heavy atom. The quantitative estimate of drug-likeness (QED) is 0.529. The monoisotopic (exact) mass is 417 g/mol. The number of carbonyl (C=O) groups excluding carboxylic acids is 1. The smallest absolute Gasteiger partial charge is 0.266 e. The Kier molecular flexibility index (Phi) is 5.31. The van der Waals surface area contributed by atoms with Crippen LogP contribution in [0.1, 0.15) is 21.9 Å². The van der Waals surface area contributed by atoms with Crippen LogP contribution in [0.25, 0.3) is 11.5 Å². The van der Waals surface area contributed by atoms with Crippen LogP contribution in [0.15, 0.2) is 64.2 Å². The predicted molar refractivity (Wildman–Crippen MR) is 113 cm³/mol. The summed E-state index contributed by atoms with van der Waals surface area (Å²) < 4.78 is 12.7. The van der Waals surface area contributed by atoms with Gasteiger partial charge in [-0.2, -0.15) is 0 Å². The summed E-state index contributed by atoms with van der Waals surface area (Å²) in [4.78, 5) is 37.1. The Bertz CT molecular complexity index is 1310. The number of aromatic nitrogens is 4. The molecule has 0 saturated carbocycles. The Morgan fingerprint density at radius 1 is 1.03 bits per heavy atom. The third-order valence-electron chi connectivity index (χ3n) is 4.58. The van der Waals surface area contributed by atoms with Crippen molar-refractivity contribution in [2.45, 2.75) is 13.8 Å². The molecule has 0 aliphatic heterocycles. The first kappa shape index (κ1) is 20.0. The van der Waals surface area contributed by atoms with Crippen molar-refractivity contribution in [1.29, 1.82) is 0 Å². The van der Waals surface area contributed by atoms with Gasteiger partial charge in [0.1, 0.15) is 40.2 Å². The van der Waals surface area contributed by atoms with Gasteiger partial charge in [0.25, 0.3) is 11.5 Å². The molecule has 0 atom stereocenters. The van der Waals surface area contributed by atoms with Gasteiger partial charge >= 0.3 is 0 Å². The van der Waals surface area contributed by atoms with Gasteiger partial charge < -0.3 is 14.5 Å². The minimum atomic E-state index is -0.582. The first-order valence-electron chi connectivity index (χ1n) is 9.41. The van der Waals surface area contributed by atoms with Crippen LogP contribution in [-0.4, -0.2) is 25.4 Å². The van der Waals surface area contributed by atoms with Gasteiger partial charge in [-0.3, -0.25) is 19.1 Å². The Hall–Kier alpha value is -4.27. The highest BCUT2D eigenvalue weighted by molar-refractivity contribution is 6.03. The number of pyridine rings is 2. The van der Waals surface area contributed by atoms with Crippen molar-refractivity contribution < 1.29 is 13.9 Å². The van der Waals surface area contributed by atoms with Crippen molar-refractivity contribution in [3.8, 4) is 23.0 Å². The van der Waals surface area contributed by atoms with Crippen molar-refractivity contribution in [2.24, 2.45) is 7.05 Å². The Balaban J connectivity index is 1.46. The summed E-state index contributed by atoms with van der Waals surface area (Å²) >= 11 is 0. The van der Waals surface area contributed by atoms with Crippen LogP contribution in [0.3, 0.4) is 0 Å². The minimum absolute atomic E-state index is 0.0623. The molecule has 156 valence electrons. The Labute approximate surface area is 177 Å². The highest BCUT2D eigenvalue weighted by Gasteiger charge is 2.14. The lowest BCUT2D eigenvalue weighted by molar-refractivity contribution is 0.102. The van der Waals surface area contributed by atoms with E-state index in [0.29, 0.717) is 28.8 Å². The minimum Gasteiger partial charge on any atom is -0.460 e. The third kappa shape index (κ3) is 4.35. The van der Waals surface area contributed by atoms with Gasteiger partial charge in [0.05, 0.1) is 6.20 Å². The first-order valence-corrected chi connectivity index (χ1v) is 9.41. The fourth-order valence-electron chi connectivity index (χ4n) is 2.80. The molecule has 4 aromatic heterocycles. The zero-order chi connectivity index (χ0) is 22.0. The molecule has 4 aromatic rings. The fraction of sp³-hybridized carbons (Fsp3) is 0.136. The molecule has 1 amide bonds. The van der Waals surface area contributed by atoms with Crippen LogP contribution in [0.5, 0.6) is 11.5 Å². The van der Waals surface area contributed by atoms with Gasteiger partial charge in [-0.1, -0.05) is 0 Å². The van der Waals surface area contributed by atoms with Crippen molar-refractivity contribution in [3.63, 3.8) is 0 Å². The summed E-state index contributed by atoms with van der Waals surface area (Å²) in [6, 6.07) is 10.4. The number of anilines is 1. The third-order valence-corrected chi connectivity index (χ3v) is 4.58. The second kappa shape index (κ2) is 8.23. The number of carbonyl (C=O) groups is 1. The van der Waals surface area contributed by atoms with Crippen LogP contribution in [-0.2, 0) is 7.05 Å². The second-order valence-electron chi connectivity index (χ2n) is 6.81. The van der Waals surface area contributed by atoms with Crippen LogP contribution in [0.2, 0.25) is 0 Å². The zero-order valence-electron chi connectivity index (χ0n) is 17.1. The standard InChI is InChI=1S/C22H19N5O4/c1-13-4-6-19(30-13)18-10-15(8-9-23-18)31-16-5-7-20(25-11-16)26-21(28)17-12-24-14(2)27(3)22(17)29/h4-12H,1-3H3,(H,25,26,28). The average Bonchev–Trinajstić information content (AvgIpc) is 3.20. The maximum atomic E-state index is 12.4. The number of furan rings is 1. The number of aryl methyl sites for hydroxylation is 2. The van der Waals surface area contributed by atoms with Gasteiger partial charge in [-0.15, -0.1) is 0 Å². The molecule has 0 saturated heterocycles. The normalized spacial score (nSPS) is 10.7. The van der Waals surface area contributed by atoms with Gasteiger partial charge in [-0.25, -0.2) is 9.97 Å². The molecule has 9 nitrogen and oxygen atoms in total. The SMILES string of the molecule is Cc1ccc(-c2cc(Oc3ccc(NC(=O)c4cnc(C)n(C)c4=O)nc3)ccn2)o1. The summed E-state index contributed by atoms with van der Waals surface area (Å²) in [5, 5.41) is 2.59. The predicted octanol–water partition coefficient (Wildman–Crippen LogP) is 3.49. The molecule has 0 bridgehead atoms. The average molecular weight is 417 g/mol. The van der Waals surface area contributed by atoms with Crippen LogP contribution >= 0.6 is 0 Å². The molecule has 0 spiro atoms. The highest BCUT2D eigenvalue weighted by Crippen LogP contribution is 2.26. The molecular weight excluding hydrogens is 398 g/mol. The van der Waals surface area contributed by atoms with Gasteiger partial charge in [0, 0.05) is 25.5 Å². The van der Waals surface area contributed by atoms with Crippen LogP contribution in [0, 0.1) is 13.8 Å². The van der Waals surface area contributed by atoms with Crippen molar-refractivity contribution in [3.05, 3.63) is 82.5 Å². The van der Waals surface area contributed by atoms with E-state index in [2.05, 4.69) is 20.3 Å². The van der Waals surface area contributed by atoms with Crippen LogP contribution < -0.4 is 15.6 Å². The molecule has 0 unspecified atom stereocenters. The molecule has 0 aliphatic carbocycles.